The van der Waals surface area contributed by atoms with Gasteiger partial charge in [-0.2, -0.15) is 5.26 Å². The second kappa shape index (κ2) is 5.23. The van der Waals surface area contributed by atoms with Crippen molar-refractivity contribution in [1.82, 2.24) is 4.98 Å². The summed E-state index contributed by atoms with van der Waals surface area (Å²) in [6, 6.07) is 7.81. The smallest absolute Gasteiger partial charge is 0.166 e. The minimum Gasteiger partial charge on any atom is -0.484 e. The van der Waals surface area contributed by atoms with Crippen LogP contribution < -0.4 is 4.74 Å². The van der Waals surface area contributed by atoms with E-state index in [9.17, 15) is 8.78 Å². The molecule has 0 atom stereocenters. The predicted octanol–water partition coefficient (Wildman–Crippen LogP) is 2.81. The van der Waals surface area contributed by atoms with Gasteiger partial charge in [0.25, 0.3) is 0 Å². The minimum atomic E-state index is -0.707. The Kier molecular flexibility index (Phi) is 3.10. The van der Waals surface area contributed by atoms with Crippen molar-refractivity contribution in [2.45, 2.75) is 6.61 Å². The molecule has 0 unspecified atom stereocenters. The van der Waals surface area contributed by atoms with E-state index in [4.69, 9.17) is 11.4 Å². The zero-order chi connectivity index (χ0) is 13.8. The number of aromatic nitrogens is 1. The monoisotopic (exact) mass is 247 g/mol. The van der Waals surface area contributed by atoms with Crippen LogP contribution in [0.2, 0.25) is 0 Å². The van der Waals surface area contributed by atoms with Crippen molar-refractivity contribution in [3.8, 4) is 11.8 Å². The summed E-state index contributed by atoms with van der Waals surface area (Å²) < 4.78 is 39.2. The third-order valence-electron chi connectivity index (χ3n) is 2.20. The van der Waals surface area contributed by atoms with Gasteiger partial charge in [-0.25, -0.2) is 8.78 Å². The molecule has 0 saturated heterocycles. The number of halogens is 2. The van der Waals surface area contributed by atoms with E-state index in [1.165, 1.54) is 18.2 Å². The lowest BCUT2D eigenvalue weighted by Crippen LogP contribution is -2.02. The van der Waals surface area contributed by atoms with Gasteiger partial charge in [0, 0.05) is 6.17 Å². The molecule has 1 heterocycles. The van der Waals surface area contributed by atoms with E-state index in [0.717, 1.165) is 12.1 Å². The van der Waals surface area contributed by atoms with E-state index in [-0.39, 0.29) is 29.8 Å². The van der Waals surface area contributed by atoms with Crippen molar-refractivity contribution in [2.75, 3.05) is 0 Å². The third-order valence-corrected chi connectivity index (χ3v) is 2.20. The molecule has 0 bridgehead atoms. The summed E-state index contributed by atoms with van der Waals surface area (Å²) in [5.74, 6) is -1.43. The van der Waals surface area contributed by atoms with Crippen LogP contribution >= 0.6 is 0 Å². The molecule has 0 aliphatic carbocycles. The average Bonchev–Trinajstić information content (AvgIpc) is 2.40. The minimum absolute atomic E-state index is 0.0729. The normalized spacial score (nSPS) is 10.6. The summed E-state index contributed by atoms with van der Waals surface area (Å²) in [5, 5.41) is 8.59. The topological polar surface area (TPSA) is 45.9 Å². The fraction of sp³-hybridized carbons (Fsp3) is 0.0769. The molecule has 0 N–H and O–H groups in total. The molecule has 90 valence electrons. The summed E-state index contributed by atoms with van der Waals surface area (Å²) in [6.07, 6.45) is -0.0969. The van der Waals surface area contributed by atoms with Crippen LogP contribution in [0.15, 0.2) is 36.5 Å². The number of pyridine rings is 1. The Hall–Kier alpha value is -2.48. The van der Waals surface area contributed by atoms with Crippen molar-refractivity contribution in [3.05, 3.63) is 59.4 Å². The van der Waals surface area contributed by atoms with E-state index in [0.29, 0.717) is 0 Å². The summed E-state index contributed by atoms with van der Waals surface area (Å²) in [4.78, 5) is 3.64. The Bertz CT molecular complexity index is 656. The number of rotatable bonds is 3. The molecular formula is C13H8F2N2O. The van der Waals surface area contributed by atoms with Crippen LogP contribution in [0.25, 0.3) is 0 Å². The van der Waals surface area contributed by atoms with Crippen molar-refractivity contribution >= 4 is 0 Å². The second-order valence-corrected chi connectivity index (χ2v) is 3.41. The van der Waals surface area contributed by atoms with Crippen LogP contribution in [-0.4, -0.2) is 4.98 Å². The highest BCUT2D eigenvalue weighted by Crippen LogP contribution is 2.19. The van der Waals surface area contributed by atoms with Crippen LogP contribution in [0.3, 0.4) is 0 Å². The van der Waals surface area contributed by atoms with Crippen molar-refractivity contribution in [1.29, 1.82) is 5.26 Å². The van der Waals surface area contributed by atoms with Crippen LogP contribution in [-0.2, 0) is 6.61 Å². The quantitative estimate of drug-likeness (QED) is 0.837. The first kappa shape index (κ1) is 10.7. The summed E-state index contributed by atoms with van der Waals surface area (Å²) in [7, 11) is 0. The van der Waals surface area contributed by atoms with E-state index >= 15 is 0 Å². The molecule has 0 saturated carbocycles. The lowest BCUT2D eigenvalue weighted by Gasteiger charge is -2.07. The second-order valence-electron chi connectivity index (χ2n) is 3.41. The van der Waals surface area contributed by atoms with Gasteiger partial charge in [-0.1, -0.05) is 0 Å². The molecule has 1 aromatic carbocycles. The highest BCUT2D eigenvalue weighted by molar-refractivity contribution is 5.36. The number of nitriles is 1. The Morgan fingerprint density at radius 3 is 2.89 bits per heavy atom. The molecule has 0 spiro atoms. The van der Waals surface area contributed by atoms with Gasteiger partial charge in [-0.3, -0.25) is 4.98 Å². The fourth-order valence-corrected chi connectivity index (χ4v) is 1.31. The first-order valence-electron chi connectivity index (χ1n) is 5.54. The first-order valence-corrected chi connectivity index (χ1v) is 5.04. The highest BCUT2D eigenvalue weighted by Gasteiger charge is 2.07. The first-order chi connectivity index (χ1) is 9.10. The molecule has 5 heteroatoms. The van der Waals surface area contributed by atoms with Crippen LogP contribution in [0.1, 0.15) is 12.6 Å². The zero-order valence-electron chi connectivity index (χ0n) is 10.2. The Morgan fingerprint density at radius 2 is 2.17 bits per heavy atom. The molecule has 18 heavy (non-hydrogen) atoms. The number of ether oxygens (including phenoxy) is 1. The Balaban J connectivity index is 2.15. The van der Waals surface area contributed by atoms with Gasteiger partial charge >= 0.3 is 0 Å². The zero-order valence-corrected chi connectivity index (χ0v) is 9.15. The van der Waals surface area contributed by atoms with Gasteiger partial charge in [0.2, 0.25) is 0 Å². The van der Waals surface area contributed by atoms with Gasteiger partial charge in [-0.05, 0) is 30.3 Å². The van der Waals surface area contributed by atoms with Crippen LogP contribution in [0.4, 0.5) is 8.78 Å². The van der Waals surface area contributed by atoms with Crippen molar-refractivity contribution < 1.29 is 14.9 Å². The summed E-state index contributed by atoms with van der Waals surface area (Å²) in [5.41, 5.74) is 0.0959. The molecule has 3 nitrogen and oxygen atoms in total. The fourth-order valence-electron chi connectivity index (χ4n) is 1.31. The molecule has 0 fully saturated rings. The maximum Gasteiger partial charge on any atom is 0.166 e. The molecule has 0 aliphatic rings. The predicted molar refractivity (Wildman–Crippen MR) is 59.6 cm³/mol. The van der Waals surface area contributed by atoms with Crippen LogP contribution in [0, 0.1) is 23.0 Å². The molecule has 2 aromatic rings. The Labute approximate surface area is 104 Å². The van der Waals surface area contributed by atoms with E-state index in [1.807, 2.05) is 0 Å². The van der Waals surface area contributed by atoms with E-state index in [2.05, 4.69) is 4.98 Å². The van der Waals surface area contributed by atoms with Crippen LogP contribution in [0.5, 0.6) is 5.75 Å². The molecule has 0 radical (unpaired) electrons. The lowest BCUT2D eigenvalue weighted by molar-refractivity contribution is 0.279. The third kappa shape index (κ3) is 2.61. The van der Waals surface area contributed by atoms with Gasteiger partial charge in [-0.15, -0.1) is 0 Å². The molecule has 1 aromatic heterocycles. The van der Waals surface area contributed by atoms with Gasteiger partial charge in [0.05, 0.1) is 13.0 Å². The molecular weight excluding hydrogens is 238 g/mol. The SMILES string of the molecule is [2H]c1ccc(F)c(COc2ccc(C#N)cc2F)n1. The average molecular weight is 247 g/mol. The van der Waals surface area contributed by atoms with E-state index < -0.39 is 11.6 Å². The lowest BCUT2D eigenvalue weighted by atomic mass is 10.2. The van der Waals surface area contributed by atoms with Crippen molar-refractivity contribution in [3.63, 3.8) is 0 Å². The summed E-state index contributed by atoms with van der Waals surface area (Å²) >= 11 is 0. The number of nitrogens with zero attached hydrogens (tertiary/aromatic N) is 2. The largest absolute Gasteiger partial charge is 0.484 e. The van der Waals surface area contributed by atoms with Gasteiger partial charge in [0.15, 0.2) is 11.6 Å². The van der Waals surface area contributed by atoms with E-state index in [1.54, 1.807) is 6.07 Å². The van der Waals surface area contributed by atoms with Gasteiger partial charge < -0.3 is 4.74 Å². The molecule has 0 amide bonds. The molecule has 2 rings (SSSR count). The highest BCUT2D eigenvalue weighted by atomic mass is 19.1. The number of hydrogen-bond donors (Lipinski definition) is 0. The standard InChI is InChI=1S/C13H8F2N2O/c14-10-2-1-5-17-12(10)8-18-13-4-3-9(7-16)6-11(13)15/h1-6H,8H2/i5D. The maximum absolute atomic E-state index is 13.5. The number of hydrogen-bond acceptors (Lipinski definition) is 3. The Morgan fingerprint density at radius 1 is 1.33 bits per heavy atom. The molecule has 0 aliphatic heterocycles. The van der Waals surface area contributed by atoms with Gasteiger partial charge in [0.1, 0.15) is 18.1 Å². The maximum atomic E-state index is 13.5. The van der Waals surface area contributed by atoms with Crippen molar-refractivity contribution in [2.24, 2.45) is 0 Å². The summed E-state index contributed by atoms with van der Waals surface area (Å²) in [6.45, 7) is -0.290. The number of benzene rings is 1.